The predicted octanol–water partition coefficient (Wildman–Crippen LogP) is 1.80. The number of nitrogens with one attached hydrogen (secondary N) is 2. The van der Waals surface area contributed by atoms with E-state index in [4.69, 9.17) is 9.47 Å². The molecule has 2 aromatic carbocycles. The van der Waals surface area contributed by atoms with Crippen LogP contribution in [0.2, 0.25) is 0 Å². The SMILES string of the molecule is Cc1cc(C2=CC(=O)NC2=O)ccc1OCOc1ccc(C2=CC(=O)NC2=O)cc1C. The predicted molar refractivity (Wildman–Crippen MR) is 111 cm³/mol. The number of ether oxygens (including phenoxy) is 2. The Morgan fingerprint density at radius 3 is 1.42 bits per heavy atom. The first-order chi connectivity index (χ1) is 14.8. The molecule has 0 unspecified atom stereocenters. The van der Waals surface area contributed by atoms with Gasteiger partial charge in [-0.05, 0) is 60.4 Å². The van der Waals surface area contributed by atoms with Gasteiger partial charge < -0.3 is 9.47 Å². The van der Waals surface area contributed by atoms with E-state index in [0.29, 0.717) is 33.8 Å². The average Bonchev–Trinajstić information content (AvgIpc) is 3.24. The molecule has 0 fully saturated rings. The van der Waals surface area contributed by atoms with Crippen molar-refractivity contribution < 1.29 is 28.7 Å². The van der Waals surface area contributed by atoms with Gasteiger partial charge >= 0.3 is 0 Å². The third-order valence-electron chi connectivity index (χ3n) is 4.91. The second-order valence-corrected chi connectivity index (χ2v) is 7.12. The van der Waals surface area contributed by atoms with E-state index < -0.39 is 23.6 Å². The number of hydrogen-bond donors (Lipinski definition) is 2. The molecule has 0 atom stereocenters. The summed E-state index contributed by atoms with van der Waals surface area (Å²) in [6.07, 6.45) is 2.54. The molecule has 0 aromatic heterocycles. The van der Waals surface area contributed by atoms with Gasteiger partial charge in [-0.3, -0.25) is 29.8 Å². The van der Waals surface area contributed by atoms with Crippen LogP contribution in [0.1, 0.15) is 22.3 Å². The number of benzene rings is 2. The second kappa shape index (κ2) is 7.91. The van der Waals surface area contributed by atoms with Crippen LogP contribution in [0.3, 0.4) is 0 Å². The highest BCUT2D eigenvalue weighted by atomic mass is 16.7. The lowest BCUT2D eigenvalue weighted by Gasteiger charge is -2.14. The molecule has 2 aromatic rings. The van der Waals surface area contributed by atoms with Gasteiger partial charge in [0.25, 0.3) is 23.6 Å². The highest BCUT2D eigenvalue weighted by Gasteiger charge is 2.23. The Balaban J connectivity index is 1.40. The second-order valence-electron chi connectivity index (χ2n) is 7.12. The van der Waals surface area contributed by atoms with Crippen LogP contribution in [0.25, 0.3) is 11.1 Å². The van der Waals surface area contributed by atoms with Crippen LogP contribution < -0.4 is 20.1 Å². The minimum Gasteiger partial charge on any atom is -0.457 e. The molecule has 156 valence electrons. The van der Waals surface area contributed by atoms with Crippen LogP contribution in [0.5, 0.6) is 11.5 Å². The zero-order valence-electron chi connectivity index (χ0n) is 16.8. The Morgan fingerprint density at radius 2 is 1.10 bits per heavy atom. The topological polar surface area (TPSA) is 111 Å². The van der Waals surface area contributed by atoms with E-state index in [0.717, 1.165) is 11.1 Å². The number of hydrogen-bond acceptors (Lipinski definition) is 6. The van der Waals surface area contributed by atoms with Gasteiger partial charge in [0.2, 0.25) is 6.79 Å². The summed E-state index contributed by atoms with van der Waals surface area (Å²) in [5.41, 5.74) is 3.46. The molecule has 2 heterocycles. The van der Waals surface area contributed by atoms with Crippen LogP contribution in [0.15, 0.2) is 48.6 Å². The molecule has 2 aliphatic rings. The lowest BCUT2D eigenvalue weighted by Crippen LogP contribution is -2.21. The van der Waals surface area contributed by atoms with Gasteiger partial charge in [0.15, 0.2) is 0 Å². The maximum Gasteiger partial charge on any atom is 0.258 e. The van der Waals surface area contributed by atoms with Gasteiger partial charge in [-0.2, -0.15) is 0 Å². The van der Waals surface area contributed by atoms with Crippen LogP contribution in [0.4, 0.5) is 0 Å². The van der Waals surface area contributed by atoms with Crippen LogP contribution in [-0.2, 0) is 19.2 Å². The average molecular weight is 418 g/mol. The van der Waals surface area contributed by atoms with Gasteiger partial charge in [0.1, 0.15) is 11.5 Å². The first kappa shape index (κ1) is 20.1. The summed E-state index contributed by atoms with van der Waals surface area (Å²) in [6, 6.07) is 10.4. The number of carbonyl (C=O) groups is 4. The fourth-order valence-electron chi connectivity index (χ4n) is 3.37. The van der Waals surface area contributed by atoms with Gasteiger partial charge in [-0.1, -0.05) is 12.1 Å². The first-order valence-electron chi connectivity index (χ1n) is 9.43. The Kier molecular flexibility index (Phi) is 5.12. The molecule has 0 spiro atoms. The summed E-state index contributed by atoms with van der Waals surface area (Å²) < 4.78 is 11.4. The Hall–Kier alpha value is -4.20. The maximum atomic E-state index is 11.8. The molecule has 4 rings (SSSR count). The Morgan fingerprint density at radius 1 is 0.677 bits per heavy atom. The van der Waals surface area contributed by atoms with Gasteiger partial charge in [-0.15, -0.1) is 0 Å². The highest BCUT2D eigenvalue weighted by molar-refractivity contribution is 6.34. The van der Waals surface area contributed by atoms with E-state index in [1.54, 1.807) is 36.4 Å². The molecular weight excluding hydrogens is 400 g/mol. The standard InChI is InChI=1S/C23H18N2O6/c1-12-7-14(16-9-20(26)24-22(16)28)3-5-18(12)30-11-31-19-6-4-15(8-13(19)2)17-10-21(27)25-23(17)29/h3-10H,11H2,1-2H3,(H,24,26,28)(H,25,27,29). The van der Waals surface area contributed by atoms with Crippen molar-refractivity contribution >= 4 is 34.8 Å². The quantitative estimate of drug-likeness (QED) is 0.547. The summed E-state index contributed by atoms with van der Waals surface area (Å²) in [6.45, 7) is 3.61. The van der Waals surface area contributed by atoms with Crippen LogP contribution >= 0.6 is 0 Å². The highest BCUT2D eigenvalue weighted by Crippen LogP contribution is 2.27. The van der Waals surface area contributed by atoms with Crippen LogP contribution in [0, 0.1) is 13.8 Å². The number of imide groups is 2. The van der Waals surface area contributed by atoms with E-state index in [2.05, 4.69) is 10.6 Å². The number of amides is 4. The molecule has 2 N–H and O–H groups in total. The van der Waals surface area contributed by atoms with Crippen molar-refractivity contribution in [3.8, 4) is 11.5 Å². The monoisotopic (exact) mass is 418 g/mol. The van der Waals surface area contributed by atoms with Crippen molar-refractivity contribution in [2.24, 2.45) is 0 Å². The molecule has 0 saturated carbocycles. The molecule has 31 heavy (non-hydrogen) atoms. The molecule has 8 nitrogen and oxygen atoms in total. The zero-order valence-corrected chi connectivity index (χ0v) is 16.8. The van der Waals surface area contributed by atoms with E-state index in [1.165, 1.54) is 12.2 Å². The number of rotatable bonds is 6. The third-order valence-corrected chi connectivity index (χ3v) is 4.91. The summed E-state index contributed by atoms with van der Waals surface area (Å²) >= 11 is 0. The fourth-order valence-corrected chi connectivity index (χ4v) is 3.37. The van der Waals surface area contributed by atoms with Gasteiger partial charge in [0, 0.05) is 12.2 Å². The molecule has 0 saturated heterocycles. The molecule has 0 radical (unpaired) electrons. The smallest absolute Gasteiger partial charge is 0.258 e. The Bertz CT molecular complexity index is 1120. The van der Waals surface area contributed by atoms with Crippen molar-refractivity contribution in [3.05, 3.63) is 70.8 Å². The minimum atomic E-state index is -0.427. The van der Waals surface area contributed by atoms with E-state index >= 15 is 0 Å². The molecule has 8 heteroatoms. The lowest BCUT2D eigenvalue weighted by atomic mass is 10.0. The zero-order chi connectivity index (χ0) is 22.1. The maximum absolute atomic E-state index is 11.8. The van der Waals surface area contributed by atoms with Crippen molar-refractivity contribution in [2.75, 3.05) is 6.79 Å². The van der Waals surface area contributed by atoms with E-state index in [9.17, 15) is 19.2 Å². The van der Waals surface area contributed by atoms with Gasteiger partial charge in [0.05, 0.1) is 11.1 Å². The summed E-state index contributed by atoms with van der Waals surface area (Å²) in [5.74, 6) is -0.538. The van der Waals surface area contributed by atoms with E-state index in [1.807, 2.05) is 13.8 Å². The van der Waals surface area contributed by atoms with Crippen molar-refractivity contribution in [1.82, 2.24) is 10.6 Å². The molecule has 0 aliphatic carbocycles. The number of aryl methyl sites for hydroxylation is 2. The van der Waals surface area contributed by atoms with Gasteiger partial charge in [-0.25, -0.2) is 0 Å². The fraction of sp³-hybridized carbons (Fsp3) is 0.130. The molecular formula is C23H18N2O6. The minimum absolute atomic E-state index is 0.0519. The lowest BCUT2D eigenvalue weighted by molar-refractivity contribution is -0.124. The van der Waals surface area contributed by atoms with E-state index in [-0.39, 0.29) is 6.79 Å². The van der Waals surface area contributed by atoms with Crippen molar-refractivity contribution in [1.29, 1.82) is 0 Å². The normalized spacial score (nSPS) is 15.4. The summed E-state index contributed by atoms with van der Waals surface area (Å²) in [7, 11) is 0. The van der Waals surface area contributed by atoms with Crippen molar-refractivity contribution in [2.45, 2.75) is 13.8 Å². The summed E-state index contributed by atoms with van der Waals surface area (Å²) in [5, 5.41) is 4.44. The van der Waals surface area contributed by atoms with Crippen molar-refractivity contribution in [3.63, 3.8) is 0 Å². The third kappa shape index (κ3) is 4.09. The Labute approximate surface area is 177 Å². The summed E-state index contributed by atoms with van der Waals surface area (Å²) in [4.78, 5) is 46.2. The number of carbonyl (C=O) groups excluding carboxylic acids is 4. The molecule has 4 amide bonds. The molecule has 0 bridgehead atoms. The van der Waals surface area contributed by atoms with Crippen LogP contribution in [-0.4, -0.2) is 30.4 Å². The largest absolute Gasteiger partial charge is 0.457 e. The molecule has 2 aliphatic heterocycles. The first-order valence-corrected chi connectivity index (χ1v) is 9.43.